The number of nitrogens with two attached hydrogens (primary N) is 1. The van der Waals surface area contributed by atoms with E-state index in [0.29, 0.717) is 0 Å². The van der Waals surface area contributed by atoms with Gasteiger partial charge in [-0.05, 0) is 18.1 Å². The predicted molar refractivity (Wildman–Crippen MR) is 60.1 cm³/mol. The molecule has 1 unspecified atom stereocenters. The normalized spacial score (nSPS) is 15.2. The van der Waals surface area contributed by atoms with Crippen LogP contribution in [0, 0.1) is 0 Å². The number of carboxylic acids is 1. The molecule has 0 heterocycles. The lowest BCUT2D eigenvalue weighted by Crippen LogP contribution is -2.42. The van der Waals surface area contributed by atoms with Crippen LogP contribution in [0.4, 0.5) is 13.2 Å². The van der Waals surface area contributed by atoms with Crippen LogP contribution in [0.5, 0.6) is 0 Å². The summed E-state index contributed by atoms with van der Waals surface area (Å²) in [6.45, 7) is 1.33. The molecule has 0 spiro atoms. The molecule has 0 radical (unpaired) electrons. The Morgan fingerprint density at radius 2 is 1.89 bits per heavy atom. The van der Waals surface area contributed by atoms with E-state index < -0.39 is 23.1 Å². The Kier molecular flexibility index (Phi) is 4.01. The molecule has 1 aromatic carbocycles. The van der Waals surface area contributed by atoms with E-state index >= 15 is 0 Å². The molecule has 0 bridgehead atoms. The van der Waals surface area contributed by atoms with E-state index in [9.17, 15) is 23.1 Å². The zero-order chi connectivity index (χ0) is 14.0. The minimum atomic E-state index is -4.50. The lowest BCUT2D eigenvalue weighted by atomic mass is 9.77. The lowest BCUT2D eigenvalue weighted by molar-refractivity contribution is -0.144. The standard InChI is InChI=1S/C12H14F3NO2/c1-2-11(7-16,10(17)18)8-4-3-5-9(6-8)12(13,14)15/h3-6H,2,7,16H2,1H3,(H,17,18). The number of carboxylic acid groups (broad SMARTS) is 1. The van der Waals surface area contributed by atoms with Crippen molar-refractivity contribution >= 4 is 5.97 Å². The lowest BCUT2D eigenvalue weighted by Gasteiger charge is -2.27. The van der Waals surface area contributed by atoms with Crippen molar-refractivity contribution in [2.45, 2.75) is 24.9 Å². The van der Waals surface area contributed by atoms with Gasteiger partial charge in [-0.25, -0.2) is 0 Å². The molecule has 0 aliphatic heterocycles. The summed E-state index contributed by atoms with van der Waals surface area (Å²) in [5.74, 6) is -1.22. The summed E-state index contributed by atoms with van der Waals surface area (Å²) in [4.78, 5) is 11.3. The Morgan fingerprint density at radius 3 is 2.28 bits per heavy atom. The highest BCUT2D eigenvalue weighted by molar-refractivity contribution is 5.81. The van der Waals surface area contributed by atoms with Gasteiger partial charge in [0, 0.05) is 6.54 Å². The van der Waals surface area contributed by atoms with Gasteiger partial charge in [0.2, 0.25) is 0 Å². The summed E-state index contributed by atoms with van der Waals surface area (Å²) in [6, 6.07) is 4.31. The van der Waals surface area contributed by atoms with E-state index in [1.807, 2.05) is 0 Å². The maximum Gasteiger partial charge on any atom is 0.416 e. The van der Waals surface area contributed by atoms with Gasteiger partial charge in [0.25, 0.3) is 0 Å². The zero-order valence-electron chi connectivity index (χ0n) is 9.79. The van der Waals surface area contributed by atoms with E-state index in [-0.39, 0.29) is 18.5 Å². The van der Waals surface area contributed by atoms with Crippen molar-refractivity contribution in [2.75, 3.05) is 6.54 Å². The Morgan fingerprint density at radius 1 is 1.33 bits per heavy atom. The Balaban J connectivity index is 3.35. The summed E-state index contributed by atoms with van der Waals surface area (Å²) < 4.78 is 37.8. The van der Waals surface area contributed by atoms with Crippen LogP contribution in [0.3, 0.4) is 0 Å². The second-order valence-electron chi connectivity index (χ2n) is 4.02. The smallest absolute Gasteiger partial charge is 0.416 e. The van der Waals surface area contributed by atoms with Crippen LogP contribution in [0.2, 0.25) is 0 Å². The third kappa shape index (κ3) is 2.48. The monoisotopic (exact) mass is 261 g/mol. The van der Waals surface area contributed by atoms with Crippen LogP contribution in [0.1, 0.15) is 24.5 Å². The van der Waals surface area contributed by atoms with E-state index in [4.69, 9.17) is 5.73 Å². The van der Waals surface area contributed by atoms with Gasteiger partial charge in [0.05, 0.1) is 5.56 Å². The number of alkyl halides is 3. The maximum atomic E-state index is 12.6. The molecule has 18 heavy (non-hydrogen) atoms. The second-order valence-corrected chi connectivity index (χ2v) is 4.02. The van der Waals surface area contributed by atoms with Gasteiger partial charge >= 0.3 is 12.1 Å². The number of carbonyl (C=O) groups is 1. The van der Waals surface area contributed by atoms with Gasteiger partial charge in [-0.1, -0.05) is 25.1 Å². The van der Waals surface area contributed by atoms with Crippen LogP contribution in [-0.2, 0) is 16.4 Å². The molecule has 6 heteroatoms. The van der Waals surface area contributed by atoms with Gasteiger partial charge in [0.15, 0.2) is 0 Å². The van der Waals surface area contributed by atoms with Crippen LogP contribution in [0.25, 0.3) is 0 Å². The van der Waals surface area contributed by atoms with Crippen LogP contribution in [0.15, 0.2) is 24.3 Å². The summed E-state index contributed by atoms with van der Waals surface area (Å²) >= 11 is 0. The van der Waals surface area contributed by atoms with Crippen molar-refractivity contribution in [1.29, 1.82) is 0 Å². The number of aliphatic carboxylic acids is 1. The molecule has 0 aliphatic rings. The van der Waals surface area contributed by atoms with Crippen LogP contribution in [-0.4, -0.2) is 17.6 Å². The number of benzene rings is 1. The topological polar surface area (TPSA) is 63.3 Å². The first-order chi connectivity index (χ1) is 8.28. The largest absolute Gasteiger partial charge is 0.481 e. The van der Waals surface area contributed by atoms with Gasteiger partial charge in [-0.2, -0.15) is 13.2 Å². The summed E-state index contributed by atoms with van der Waals surface area (Å²) in [5, 5.41) is 9.21. The molecule has 0 saturated carbocycles. The first kappa shape index (κ1) is 14.5. The quantitative estimate of drug-likeness (QED) is 0.874. The highest BCUT2D eigenvalue weighted by Gasteiger charge is 2.39. The third-order valence-corrected chi connectivity index (χ3v) is 3.10. The molecule has 0 fully saturated rings. The first-order valence-electron chi connectivity index (χ1n) is 5.39. The third-order valence-electron chi connectivity index (χ3n) is 3.10. The number of rotatable bonds is 4. The van der Waals surface area contributed by atoms with Crippen LogP contribution < -0.4 is 5.73 Å². The summed E-state index contributed by atoms with van der Waals surface area (Å²) in [7, 11) is 0. The summed E-state index contributed by atoms with van der Waals surface area (Å²) in [5.41, 5.74) is 3.19. The van der Waals surface area contributed by atoms with Crippen molar-refractivity contribution in [2.24, 2.45) is 5.73 Å². The molecule has 1 atom stereocenters. The van der Waals surface area contributed by atoms with E-state index in [2.05, 4.69) is 0 Å². The van der Waals surface area contributed by atoms with Crippen molar-refractivity contribution in [3.63, 3.8) is 0 Å². The minimum Gasteiger partial charge on any atom is -0.481 e. The molecule has 100 valence electrons. The number of hydrogen-bond acceptors (Lipinski definition) is 2. The predicted octanol–water partition coefficient (Wildman–Crippen LogP) is 2.40. The summed E-state index contributed by atoms with van der Waals surface area (Å²) in [6.07, 6.45) is -4.37. The molecular weight excluding hydrogens is 247 g/mol. The first-order valence-corrected chi connectivity index (χ1v) is 5.39. The average molecular weight is 261 g/mol. The Bertz CT molecular complexity index is 439. The minimum absolute atomic E-state index is 0.0785. The average Bonchev–Trinajstić information content (AvgIpc) is 2.30. The van der Waals surface area contributed by atoms with E-state index in [1.165, 1.54) is 12.1 Å². The molecule has 1 aromatic rings. The van der Waals surface area contributed by atoms with Crippen molar-refractivity contribution < 1.29 is 23.1 Å². The molecule has 0 saturated heterocycles. The van der Waals surface area contributed by atoms with Crippen molar-refractivity contribution in [3.05, 3.63) is 35.4 Å². The van der Waals surface area contributed by atoms with Gasteiger partial charge in [-0.3, -0.25) is 4.79 Å². The van der Waals surface area contributed by atoms with Crippen molar-refractivity contribution in [1.82, 2.24) is 0 Å². The number of halogens is 3. The Hall–Kier alpha value is -1.56. The van der Waals surface area contributed by atoms with Gasteiger partial charge in [0.1, 0.15) is 5.41 Å². The van der Waals surface area contributed by atoms with Gasteiger partial charge in [-0.15, -0.1) is 0 Å². The fourth-order valence-electron chi connectivity index (χ4n) is 1.82. The molecule has 0 aliphatic carbocycles. The fourth-order valence-corrected chi connectivity index (χ4v) is 1.82. The highest BCUT2D eigenvalue weighted by Crippen LogP contribution is 2.34. The van der Waals surface area contributed by atoms with E-state index in [1.54, 1.807) is 6.92 Å². The molecule has 1 rings (SSSR count). The second kappa shape index (κ2) is 4.97. The molecular formula is C12H14F3NO2. The maximum absolute atomic E-state index is 12.6. The fraction of sp³-hybridized carbons (Fsp3) is 0.417. The van der Waals surface area contributed by atoms with Crippen molar-refractivity contribution in [3.8, 4) is 0 Å². The zero-order valence-corrected chi connectivity index (χ0v) is 9.79. The molecule has 0 amide bonds. The molecule has 3 N–H and O–H groups in total. The molecule has 3 nitrogen and oxygen atoms in total. The Labute approximate surface area is 102 Å². The highest BCUT2D eigenvalue weighted by atomic mass is 19.4. The van der Waals surface area contributed by atoms with Crippen LogP contribution >= 0.6 is 0 Å². The van der Waals surface area contributed by atoms with E-state index in [0.717, 1.165) is 12.1 Å². The van der Waals surface area contributed by atoms with Gasteiger partial charge < -0.3 is 10.8 Å². The SMILES string of the molecule is CCC(CN)(C(=O)O)c1cccc(C(F)(F)F)c1. The molecule has 0 aromatic heterocycles. The number of hydrogen-bond donors (Lipinski definition) is 2.